The predicted octanol–water partition coefficient (Wildman–Crippen LogP) is 1.75. The minimum Gasteiger partial charge on any atom is -0.481 e. The molecule has 2 N–H and O–H groups in total. The summed E-state index contributed by atoms with van der Waals surface area (Å²) in [4.78, 5) is 16.0. The lowest BCUT2D eigenvalue weighted by Gasteiger charge is -2.08. The number of carbonyl (C=O) groups is 1. The number of hydrogen-bond acceptors (Lipinski definition) is 5. The molecule has 1 amide bonds. The summed E-state index contributed by atoms with van der Waals surface area (Å²) in [6.45, 7) is 5.10. The summed E-state index contributed by atoms with van der Waals surface area (Å²) in [7, 11) is 3.50. The number of pyridine rings is 1. The van der Waals surface area contributed by atoms with Crippen LogP contribution in [0.2, 0.25) is 0 Å². The molecule has 2 rings (SSSR count). The normalized spacial score (nSPS) is 10.4. The number of methoxy groups -OCH3 is 1. The first kappa shape index (κ1) is 16.8. The highest BCUT2D eigenvalue weighted by molar-refractivity contribution is 5.93. The molecule has 2 aromatic heterocycles. The van der Waals surface area contributed by atoms with Crippen LogP contribution in [0.1, 0.15) is 35.5 Å². The molecule has 124 valence electrons. The van der Waals surface area contributed by atoms with E-state index in [1.54, 1.807) is 30.1 Å². The van der Waals surface area contributed by atoms with E-state index in [0.717, 1.165) is 23.6 Å². The fourth-order valence-corrected chi connectivity index (χ4v) is 2.40. The average Bonchev–Trinajstić information content (AvgIpc) is 2.88. The number of anilines is 1. The van der Waals surface area contributed by atoms with Gasteiger partial charge in [0.05, 0.1) is 23.9 Å². The van der Waals surface area contributed by atoms with Gasteiger partial charge in [-0.3, -0.25) is 4.79 Å². The van der Waals surface area contributed by atoms with Crippen molar-refractivity contribution in [1.82, 2.24) is 20.1 Å². The highest BCUT2D eigenvalue weighted by Gasteiger charge is 2.15. The molecular formula is C16H23N5O2. The van der Waals surface area contributed by atoms with E-state index in [-0.39, 0.29) is 5.91 Å². The topological polar surface area (TPSA) is 81.1 Å². The van der Waals surface area contributed by atoms with Crippen molar-refractivity contribution < 1.29 is 9.53 Å². The summed E-state index contributed by atoms with van der Waals surface area (Å²) < 4.78 is 7.15. The van der Waals surface area contributed by atoms with Gasteiger partial charge in [0.25, 0.3) is 5.91 Å². The van der Waals surface area contributed by atoms with E-state index in [1.165, 1.54) is 0 Å². The minimum atomic E-state index is -0.117. The van der Waals surface area contributed by atoms with Gasteiger partial charge in [-0.15, -0.1) is 0 Å². The van der Waals surface area contributed by atoms with Crippen molar-refractivity contribution >= 4 is 11.7 Å². The molecule has 0 saturated carbocycles. The van der Waals surface area contributed by atoms with Crippen LogP contribution in [-0.2, 0) is 20.0 Å². The Morgan fingerprint density at radius 1 is 1.35 bits per heavy atom. The highest BCUT2D eigenvalue weighted by atomic mass is 16.5. The predicted molar refractivity (Wildman–Crippen MR) is 88.7 cm³/mol. The van der Waals surface area contributed by atoms with Gasteiger partial charge >= 0.3 is 0 Å². The summed E-state index contributed by atoms with van der Waals surface area (Å²) in [5.74, 6) is 1.33. The van der Waals surface area contributed by atoms with Crippen molar-refractivity contribution in [2.24, 2.45) is 7.05 Å². The van der Waals surface area contributed by atoms with Crippen LogP contribution in [0.15, 0.2) is 18.3 Å². The molecule has 0 aliphatic heterocycles. The lowest BCUT2D eigenvalue weighted by atomic mass is 10.2. The molecule has 7 heteroatoms. The standard InChI is InChI=1S/C16H23N5O2/c1-5-13-12(16(23-4)21(3)20-13)10-19-14-8-7-11(9-18-14)15(22)17-6-2/h7-9H,5-6,10H2,1-4H3,(H,17,22)(H,18,19). The van der Waals surface area contributed by atoms with Gasteiger partial charge in [-0.1, -0.05) is 6.92 Å². The van der Waals surface area contributed by atoms with E-state index in [9.17, 15) is 4.79 Å². The first-order valence-corrected chi connectivity index (χ1v) is 7.67. The van der Waals surface area contributed by atoms with Gasteiger partial charge in [0.1, 0.15) is 5.82 Å². The van der Waals surface area contributed by atoms with Gasteiger partial charge < -0.3 is 15.4 Å². The van der Waals surface area contributed by atoms with E-state index in [2.05, 4.69) is 27.6 Å². The third kappa shape index (κ3) is 3.80. The van der Waals surface area contributed by atoms with Crippen LogP contribution < -0.4 is 15.4 Å². The van der Waals surface area contributed by atoms with Gasteiger partial charge in [0.15, 0.2) is 0 Å². The first-order valence-electron chi connectivity index (χ1n) is 7.67. The fraction of sp³-hybridized carbons (Fsp3) is 0.438. The van der Waals surface area contributed by atoms with Gasteiger partial charge in [0, 0.05) is 26.3 Å². The maximum absolute atomic E-state index is 11.7. The monoisotopic (exact) mass is 317 g/mol. The SMILES string of the molecule is CCNC(=O)c1ccc(NCc2c(CC)nn(C)c2OC)nc1. The van der Waals surface area contributed by atoms with Crippen LogP contribution >= 0.6 is 0 Å². The van der Waals surface area contributed by atoms with E-state index in [1.807, 2.05) is 14.0 Å². The van der Waals surface area contributed by atoms with Crippen molar-refractivity contribution in [3.63, 3.8) is 0 Å². The van der Waals surface area contributed by atoms with Crippen molar-refractivity contribution in [3.8, 4) is 5.88 Å². The molecular weight excluding hydrogens is 294 g/mol. The van der Waals surface area contributed by atoms with Crippen LogP contribution in [0, 0.1) is 0 Å². The molecule has 0 fully saturated rings. The number of rotatable bonds is 7. The number of hydrogen-bond donors (Lipinski definition) is 2. The number of nitrogens with zero attached hydrogens (tertiary/aromatic N) is 3. The number of nitrogens with one attached hydrogen (secondary N) is 2. The molecule has 2 heterocycles. The van der Waals surface area contributed by atoms with E-state index < -0.39 is 0 Å². The number of amides is 1. The Morgan fingerprint density at radius 2 is 2.13 bits per heavy atom. The molecule has 2 aromatic rings. The van der Waals surface area contributed by atoms with Gasteiger partial charge in [0.2, 0.25) is 5.88 Å². The maximum atomic E-state index is 11.7. The molecule has 23 heavy (non-hydrogen) atoms. The second-order valence-corrected chi connectivity index (χ2v) is 5.06. The quantitative estimate of drug-likeness (QED) is 0.813. The van der Waals surface area contributed by atoms with E-state index in [0.29, 0.717) is 24.5 Å². The summed E-state index contributed by atoms with van der Waals surface area (Å²) in [5, 5.41) is 10.4. The van der Waals surface area contributed by atoms with Crippen LogP contribution in [-0.4, -0.2) is 34.3 Å². The van der Waals surface area contributed by atoms with E-state index >= 15 is 0 Å². The zero-order valence-corrected chi connectivity index (χ0v) is 14.0. The Labute approximate surface area is 136 Å². The summed E-state index contributed by atoms with van der Waals surface area (Å²) in [5.41, 5.74) is 2.56. The van der Waals surface area contributed by atoms with Crippen LogP contribution in [0.25, 0.3) is 0 Å². The van der Waals surface area contributed by atoms with Crippen molar-refractivity contribution in [2.75, 3.05) is 19.0 Å². The Hall–Kier alpha value is -2.57. The second-order valence-electron chi connectivity index (χ2n) is 5.06. The van der Waals surface area contributed by atoms with Gasteiger partial charge in [-0.05, 0) is 25.5 Å². The molecule has 0 bridgehead atoms. The Kier molecular flexibility index (Phi) is 5.56. The molecule has 0 aliphatic carbocycles. The Morgan fingerprint density at radius 3 is 2.70 bits per heavy atom. The third-order valence-corrected chi connectivity index (χ3v) is 3.51. The summed E-state index contributed by atoms with van der Waals surface area (Å²) >= 11 is 0. The summed E-state index contributed by atoms with van der Waals surface area (Å²) in [6.07, 6.45) is 2.40. The van der Waals surface area contributed by atoms with Crippen molar-refractivity contribution in [3.05, 3.63) is 35.2 Å². The molecule has 0 spiro atoms. The molecule has 0 unspecified atom stereocenters. The fourth-order valence-electron chi connectivity index (χ4n) is 2.40. The van der Waals surface area contributed by atoms with Crippen LogP contribution in [0.3, 0.4) is 0 Å². The highest BCUT2D eigenvalue weighted by Crippen LogP contribution is 2.23. The molecule has 0 atom stereocenters. The molecule has 0 saturated heterocycles. The average molecular weight is 317 g/mol. The Bertz CT molecular complexity index is 664. The largest absolute Gasteiger partial charge is 0.481 e. The minimum absolute atomic E-state index is 0.117. The lowest BCUT2D eigenvalue weighted by Crippen LogP contribution is -2.22. The number of aryl methyl sites for hydroxylation is 2. The van der Waals surface area contributed by atoms with E-state index in [4.69, 9.17) is 4.74 Å². The molecule has 0 aliphatic rings. The van der Waals surface area contributed by atoms with Crippen LogP contribution in [0.5, 0.6) is 5.88 Å². The lowest BCUT2D eigenvalue weighted by molar-refractivity contribution is 0.0955. The van der Waals surface area contributed by atoms with Gasteiger partial charge in [-0.2, -0.15) is 5.10 Å². The molecule has 0 aromatic carbocycles. The number of ether oxygens (including phenoxy) is 1. The van der Waals surface area contributed by atoms with Crippen LogP contribution in [0.4, 0.5) is 5.82 Å². The zero-order valence-electron chi connectivity index (χ0n) is 14.0. The number of aromatic nitrogens is 3. The van der Waals surface area contributed by atoms with Crippen molar-refractivity contribution in [1.29, 1.82) is 0 Å². The smallest absolute Gasteiger partial charge is 0.252 e. The molecule has 0 radical (unpaired) electrons. The second kappa shape index (κ2) is 7.62. The maximum Gasteiger partial charge on any atom is 0.252 e. The first-order chi connectivity index (χ1) is 11.1. The zero-order chi connectivity index (χ0) is 16.8. The Balaban J connectivity index is 2.08. The van der Waals surface area contributed by atoms with Gasteiger partial charge in [-0.25, -0.2) is 9.67 Å². The van der Waals surface area contributed by atoms with Crippen molar-refractivity contribution in [2.45, 2.75) is 26.8 Å². The third-order valence-electron chi connectivity index (χ3n) is 3.51. The molecule has 7 nitrogen and oxygen atoms in total. The number of carbonyl (C=O) groups excluding carboxylic acids is 1. The summed E-state index contributed by atoms with van der Waals surface area (Å²) in [6, 6.07) is 3.54.